The molecule has 1 saturated heterocycles. The van der Waals surface area contributed by atoms with Gasteiger partial charge in [-0.05, 0) is 31.9 Å². The summed E-state index contributed by atoms with van der Waals surface area (Å²) in [6, 6.07) is 3.13. The first-order valence-electron chi connectivity index (χ1n) is 7.22. The third kappa shape index (κ3) is 3.71. The first kappa shape index (κ1) is 15.3. The lowest BCUT2D eigenvalue weighted by Gasteiger charge is -2.22. The number of hydrogen-bond donors (Lipinski definition) is 1. The fourth-order valence-electron chi connectivity index (χ4n) is 2.39. The Hall–Kier alpha value is -2.11. The fourth-order valence-corrected chi connectivity index (χ4v) is 2.39. The van der Waals surface area contributed by atoms with E-state index in [-0.39, 0.29) is 17.9 Å². The Balaban J connectivity index is 2.03. The molecule has 1 aromatic heterocycles. The van der Waals surface area contributed by atoms with E-state index in [9.17, 15) is 9.59 Å². The average molecular weight is 290 g/mol. The largest absolute Gasteiger partial charge is 0.374 e. The van der Waals surface area contributed by atoms with Gasteiger partial charge in [0, 0.05) is 39.1 Å². The number of nitrogens with one attached hydrogen (secondary N) is 1. The van der Waals surface area contributed by atoms with Crippen LogP contribution in [0.3, 0.4) is 0 Å². The van der Waals surface area contributed by atoms with E-state index in [0.29, 0.717) is 5.69 Å². The van der Waals surface area contributed by atoms with Gasteiger partial charge in [0.05, 0.1) is 0 Å². The number of carbonyl (C=O) groups excluding carboxylic acids is 2. The van der Waals surface area contributed by atoms with Crippen molar-refractivity contribution < 1.29 is 9.59 Å². The molecule has 0 bridgehead atoms. The molecule has 21 heavy (non-hydrogen) atoms. The summed E-state index contributed by atoms with van der Waals surface area (Å²) in [5.74, 6) is -0.0537. The van der Waals surface area contributed by atoms with Crippen LogP contribution in [0.15, 0.2) is 18.3 Å². The Kier molecular flexibility index (Phi) is 4.77. The van der Waals surface area contributed by atoms with Gasteiger partial charge < -0.3 is 15.1 Å². The van der Waals surface area contributed by atoms with Gasteiger partial charge in [0.2, 0.25) is 5.91 Å². The van der Waals surface area contributed by atoms with Crippen molar-refractivity contribution in [1.29, 1.82) is 0 Å². The molecule has 1 unspecified atom stereocenters. The van der Waals surface area contributed by atoms with Crippen molar-refractivity contribution in [1.82, 2.24) is 14.8 Å². The fraction of sp³-hybridized carbons (Fsp3) is 0.533. The second-order valence-electron chi connectivity index (χ2n) is 5.53. The van der Waals surface area contributed by atoms with Crippen molar-refractivity contribution in [3.8, 4) is 0 Å². The zero-order valence-corrected chi connectivity index (χ0v) is 12.8. The molecule has 114 valence electrons. The molecule has 1 aliphatic rings. The molecule has 1 atom stereocenters. The minimum absolute atomic E-state index is 0.102. The van der Waals surface area contributed by atoms with Crippen molar-refractivity contribution in [2.24, 2.45) is 0 Å². The lowest BCUT2D eigenvalue weighted by molar-refractivity contribution is -0.130. The zero-order valence-electron chi connectivity index (χ0n) is 12.8. The predicted octanol–water partition coefficient (Wildman–Crippen LogP) is 1.21. The Morgan fingerprint density at radius 1 is 1.33 bits per heavy atom. The Morgan fingerprint density at radius 2 is 2.00 bits per heavy atom. The van der Waals surface area contributed by atoms with Gasteiger partial charge in [-0.15, -0.1) is 0 Å². The van der Waals surface area contributed by atoms with Crippen molar-refractivity contribution >= 4 is 17.5 Å². The third-order valence-electron chi connectivity index (χ3n) is 3.56. The number of carbonyl (C=O) groups is 2. The molecule has 1 N–H and O–H groups in total. The number of nitrogens with zero attached hydrogens (tertiary/aromatic N) is 3. The van der Waals surface area contributed by atoms with Crippen LogP contribution in [-0.2, 0) is 4.79 Å². The van der Waals surface area contributed by atoms with Crippen molar-refractivity contribution in [2.45, 2.75) is 25.8 Å². The first-order valence-corrected chi connectivity index (χ1v) is 7.22. The van der Waals surface area contributed by atoms with Crippen LogP contribution in [0, 0.1) is 0 Å². The van der Waals surface area contributed by atoms with Crippen LogP contribution in [-0.4, -0.2) is 59.8 Å². The van der Waals surface area contributed by atoms with Gasteiger partial charge in [0.15, 0.2) is 0 Å². The van der Waals surface area contributed by atoms with Crippen molar-refractivity contribution in [3.05, 3.63) is 24.0 Å². The van der Waals surface area contributed by atoms with E-state index >= 15 is 0 Å². The Bertz CT molecular complexity index is 524. The van der Waals surface area contributed by atoms with E-state index in [1.807, 2.05) is 11.8 Å². The lowest BCUT2D eigenvalue weighted by atomic mass is 10.2. The highest BCUT2D eigenvalue weighted by Gasteiger charge is 2.23. The normalized spacial score (nSPS) is 15.7. The van der Waals surface area contributed by atoms with E-state index in [1.54, 1.807) is 32.4 Å². The quantitative estimate of drug-likeness (QED) is 0.905. The second-order valence-corrected chi connectivity index (χ2v) is 5.53. The maximum Gasteiger partial charge on any atom is 0.272 e. The highest BCUT2D eigenvalue weighted by Crippen LogP contribution is 2.14. The van der Waals surface area contributed by atoms with Crippen LogP contribution in [0.4, 0.5) is 5.69 Å². The van der Waals surface area contributed by atoms with Crippen LogP contribution in [0.2, 0.25) is 0 Å². The Morgan fingerprint density at radius 3 is 2.62 bits per heavy atom. The van der Waals surface area contributed by atoms with E-state index in [1.165, 1.54) is 4.90 Å². The SMILES string of the molecule is CC(Nc1ccnc(C(=O)N(C)C)c1)C(=O)N1CCCC1. The van der Waals surface area contributed by atoms with Crippen molar-refractivity contribution in [2.75, 3.05) is 32.5 Å². The molecular formula is C15H22N4O2. The van der Waals surface area contributed by atoms with Crippen LogP contribution in [0.1, 0.15) is 30.3 Å². The molecule has 1 aliphatic heterocycles. The molecule has 2 heterocycles. The molecule has 1 fully saturated rings. The summed E-state index contributed by atoms with van der Waals surface area (Å²) in [7, 11) is 3.37. The summed E-state index contributed by atoms with van der Waals surface area (Å²) >= 11 is 0. The van der Waals surface area contributed by atoms with Crippen LogP contribution < -0.4 is 5.32 Å². The van der Waals surface area contributed by atoms with E-state index < -0.39 is 0 Å². The molecule has 1 aromatic rings. The van der Waals surface area contributed by atoms with Gasteiger partial charge in [-0.3, -0.25) is 14.6 Å². The van der Waals surface area contributed by atoms with E-state index in [0.717, 1.165) is 31.6 Å². The minimum atomic E-state index is -0.312. The summed E-state index contributed by atoms with van der Waals surface area (Å²) in [5, 5.41) is 3.15. The lowest BCUT2D eigenvalue weighted by Crippen LogP contribution is -2.39. The highest BCUT2D eigenvalue weighted by molar-refractivity contribution is 5.93. The van der Waals surface area contributed by atoms with Gasteiger partial charge in [0.1, 0.15) is 11.7 Å². The van der Waals surface area contributed by atoms with Crippen molar-refractivity contribution in [3.63, 3.8) is 0 Å². The zero-order chi connectivity index (χ0) is 15.4. The van der Waals surface area contributed by atoms with Gasteiger partial charge in [0.25, 0.3) is 5.91 Å². The molecule has 2 rings (SSSR count). The number of likely N-dealkylation sites (tertiary alicyclic amines) is 1. The summed E-state index contributed by atoms with van der Waals surface area (Å²) in [5.41, 5.74) is 1.10. The van der Waals surface area contributed by atoms with Crippen LogP contribution in [0.25, 0.3) is 0 Å². The van der Waals surface area contributed by atoms with Crippen LogP contribution >= 0.6 is 0 Å². The monoisotopic (exact) mass is 290 g/mol. The first-order chi connectivity index (χ1) is 9.99. The molecule has 0 radical (unpaired) electrons. The third-order valence-corrected chi connectivity index (χ3v) is 3.56. The molecule has 0 saturated carbocycles. The predicted molar refractivity (Wildman–Crippen MR) is 81.2 cm³/mol. The standard InChI is InChI=1S/C15H22N4O2/c1-11(14(20)19-8-4-5-9-19)17-12-6-7-16-13(10-12)15(21)18(2)3/h6-7,10-11H,4-5,8-9H2,1-3H3,(H,16,17). The number of amides is 2. The number of hydrogen-bond acceptors (Lipinski definition) is 4. The molecule has 2 amide bonds. The Labute approximate surface area is 125 Å². The molecule has 6 heteroatoms. The second kappa shape index (κ2) is 6.56. The number of anilines is 1. The van der Waals surface area contributed by atoms with Gasteiger partial charge in [-0.1, -0.05) is 0 Å². The maximum atomic E-state index is 12.2. The molecule has 0 aromatic carbocycles. The van der Waals surface area contributed by atoms with E-state index in [2.05, 4.69) is 10.3 Å². The maximum absolute atomic E-state index is 12.2. The summed E-state index contributed by atoms with van der Waals surface area (Å²) in [4.78, 5) is 31.6. The van der Waals surface area contributed by atoms with Gasteiger partial charge >= 0.3 is 0 Å². The van der Waals surface area contributed by atoms with Crippen LogP contribution in [0.5, 0.6) is 0 Å². The molecule has 0 spiro atoms. The number of rotatable bonds is 4. The van der Waals surface area contributed by atoms with Gasteiger partial charge in [-0.25, -0.2) is 0 Å². The number of aromatic nitrogens is 1. The van der Waals surface area contributed by atoms with E-state index in [4.69, 9.17) is 0 Å². The average Bonchev–Trinajstić information content (AvgIpc) is 2.99. The molecule has 0 aliphatic carbocycles. The summed E-state index contributed by atoms with van der Waals surface area (Å²) in [6.45, 7) is 3.52. The highest BCUT2D eigenvalue weighted by atomic mass is 16.2. The number of pyridine rings is 1. The topological polar surface area (TPSA) is 65.5 Å². The molecule has 6 nitrogen and oxygen atoms in total. The molecular weight excluding hydrogens is 268 g/mol. The summed E-state index contributed by atoms with van der Waals surface area (Å²) < 4.78 is 0. The summed E-state index contributed by atoms with van der Waals surface area (Å²) in [6.07, 6.45) is 3.73. The smallest absolute Gasteiger partial charge is 0.272 e. The minimum Gasteiger partial charge on any atom is -0.374 e. The van der Waals surface area contributed by atoms with Gasteiger partial charge in [-0.2, -0.15) is 0 Å².